The number of aryl methyl sites for hydroxylation is 1. The van der Waals surface area contributed by atoms with Crippen LogP contribution < -0.4 is 5.32 Å². The van der Waals surface area contributed by atoms with Crippen molar-refractivity contribution in [2.75, 3.05) is 6.54 Å². The maximum absolute atomic E-state index is 9.59. The van der Waals surface area contributed by atoms with Crippen molar-refractivity contribution in [2.24, 2.45) is 0 Å². The highest BCUT2D eigenvalue weighted by molar-refractivity contribution is 5.36. The first kappa shape index (κ1) is 13.0. The summed E-state index contributed by atoms with van der Waals surface area (Å²) < 4.78 is 5.43. The molecule has 0 radical (unpaired) electrons. The van der Waals surface area contributed by atoms with Gasteiger partial charge in [0.25, 0.3) is 0 Å². The molecule has 1 fully saturated rings. The summed E-state index contributed by atoms with van der Waals surface area (Å²) in [5.74, 6) is 1.61. The smallest absolute Gasteiger partial charge is 0.243 e. The fourth-order valence-electron chi connectivity index (χ4n) is 3.46. The molecular weight excluding hydrogens is 266 g/mol. The van der Waals surface area contributed by atoms with E-state index >= 15 is 0 Å². The van der Waals surface area contributed by atoms with Gasteiger partial charge in [0, 0.05) is 12.5 Å². The predicted octanol–water partition coefficient (Wildman–Crippen LogP) is 1.93. The number of fused-ring (bicyclic) bond motifs is 1. The second-order valence-corrected chi connectivity index (χ2v) is 5.98. The van der Waals surface area contributed by atoms with E-state index in [-0.39, 0.29) is 18.1 Å². The molecule has 1 saturated heterocycles. The van der Waals surface area contributed by atoms with Gasteiger partial charge in [0.15, 0.2) is 5.82 Å². The van der Waals surface area contributed by atoms with Crippen LogP contribution in [0.1, 0.15) is 54.1 Å². The van der Waals surface area contributed by atoms with Gasteiger partial charge in [-0.15, -0.1) is 0 Å². The molecule has 0 saturated carbocycles. The van der Waals surface area contributed by atoms with E-state index in [1.54, 1.807) is 0 Å². The first-order valence-corrected chi connectivity index (χ1v) is 7.64. The van der Waals surface area contributed by atoms with E-state index in [0.717, 1.165) is 25.1 Å². The Morgan fingerprint density at radius 3 is 3.05 bits per heavy atom. The molecule has 1 aliphatic carbocycles. The van der Waals surface area contributed by atoms with Gasteiger partial charge < -0.3 is 14.9 Å². The lowest BCUT2D eigenvalue weighted by molar-refractivity contribution is 0.191. The number of hydrogen-bond donors (Lipinski definition) is 2. The normalized spacial score (nSPS) is 28.5. The fraction of sp³-hybridized carbons (Fsp3) is 0.500. The van der Waals surface area contributed by atoms with E-state index in [1.807, 2.05) is 0 Å². The van der Waals surface area contributed by atoms with Gasteiger partial charge in [-0.05, 0) is 36.8 Å². The van der Waals surface area contributed by atoms with Crippen molar-refractivity contribution in [1.82, 2.24) is 15.5 Å². The van der Waals surface area contributed by atoms with Crippen molar-refractivity contribution < 1.29 is 9.63 Å². The Balaban J connectivity index is 1.62. The van der Waals surface area contributed by atoms with Crippen LogP contribution in [-0.4, -0.2) is 27.9 Å². The lowest BCUT2D eigenvalue weighted by Gasteiger charge is -2.22. The Labute approximate surface area is 123 Å². The Bertz CT molecular complexity index is 640. The lowest BCUT2D eigenvalue weighted by Crippen LogP contribution is -2.15. The topological polar surface area (TPSA) is 71.2 Å². The maximum Gasteiger partial charge on any atom is 0.243 e. The molecular formula is C16H19N3O2. The van der Waals surface area contributed by atoms with Gasteiger partial charge >= 0.3 is 0 Å². The Kier molecular flexibility index (Phi) is 3.24. The molecule has 5 nitrogen and oxygen atoms in total. The largest absolute Gasteiger partial charge is 0.392 e. The van der Waals surface area contributed by atoms with E-state index in [2.05, 4.69) is 39.7 Å². The molecule has 2 aromatic rings. The minimum absolute atomic E-state index is 0.0138. The molecule has 1 aromatic carbocycles. The molecule has 3 atom stereocenters. The average molecular weight is 285 g/mol. The molecule has 2 N–H and O–H groups in total. The zero-order chi connectivity index (χ0) is 14.2. The summed E-state index contributed by atoms with van der Waals surface area (Å²) in [5.41, 5.74) is 2.73. The number of aliphatic hydroxyl groups is 1. The van der Waals surface area contributed by atoms with Crippen LogP contribution >= 0.6 is 0 Å². The molecule has 110 valence electrons. The van der Waals surface area contributed by atoms with Crippen LogP contribution in [-0.2, 0) is 6.42 Å². The van der Waals surface area contributed by atoms with Crippen LogP contribution in [0.25, 0.3) is 0 Å². The number of aromatic nitrogens is 2. The van der Waals surface area contributed by atoms with Gasteiger partial charge in [-0.1, -0.05) is 29.4 Å². The maximum atomic E-state index is 9.59. The molecule has 4 rings (SSSR count). The molecule has 3 unspecified atom stereocenters. The molecule has 2 aliphatic rings. The van der Waals surface area contributed by atoms with E-state index in [4.69, 9.17) is 4.52 Å². The van der Waals surface area contributed by atoms with Gasteiger partial charge in [0.1, 0.15) is 0 Å². The number of hydrogen-bond acceptors (Lipinski definition) is 5. The SMILES string of the molecule is OC1CNC(c2nc(C3CCCc4ccccc43)no2)C1. The number of nitrogens with zero attached hydrogens (tertiary/aromatic N) is 2. The van der Waals surface area contributed by atoms with Crippen LogP contribution in [0.3, 0.4) is 0 Å². The van der Waals surface area contributed by atoms with Crippen molar-refractivity contribution in [3.05, 3.63) is 47.1 Å². The molecule has 2 heterocycles. The first-order chi connectivity index (χ1) is 10.3. The van der Waals surface area contributed by atoms with Gasteiger partial charge in [-0.2, -0.15) is 4.98 Å². The van der Waals surface area contributed by atoms with Crippen molar-refractivity contribution in [3.8, 4) is 0 Å². The standard InChI is InChI=1S/C16H19N3O2/c20-11-8-14(17-9-11)16-18-15(19-21-16)13-7-3-5-10-4-1-2-6-12(10)13/h1-2,4,6,11,13-14,17,20H,3,5,7-9H2. The minimum Gasteiger partial charge on any atom is -0.392 e. The molecule has 21 heavy (non-hydrogen) atoms. The molecule has 1 aliphatic heterocycles. The number of benzene rings is 1. The summed E-state index contributed by atoms with van der Waals surface area (Å²) in [4.78, 5) is 4.60. The molecule has 0 spiro atoms. The summed E-state index contributed by atoms with van der Waals surface area (Å²) in [6, 6.07) is 8.52. The van der Waals surface area contributed by atoms with Crippen LogP contribution in [0, 0.1) is 0 Å². The van der Waals surface area contributed by atoms with Crippen molar-refractivity contribution >= 4 is 0 Å². The highest BCUT2D eigenvalue weighted by atomic mass is 16.5. The highest BCUT2D eigenvalue weighted by Gasteiger charge is 2.31. The zero-order valence-corrected chi connectivity index (χ0v) is 11.8. The number of β-amino-alcohol motifs (C(OH)–C–C–N with tert-alkyl or cyclic N) is 1. The third-order valence-corrected chi connectivity index (χ3v) is 4.54. The molecule has 1 aromatic heterocycles. The highest BCUT2D eigenvalue weighted by Crippen LogP contribution is 2.35. The second-order valence-electron chi connectivity index (χ2n) is 5.98. The van der Waals surface area contributed by atoms with E-state index in [9.17, 15) is 5.11 Å². The van der Waals surface area contributed by atoms with Crippen LogP contribution in [0.2, 0.25) is 0 Å². The van der Waals surface area contributed by atoms with Crippen LogP contribution in [0.4, 0.5) is 0 Å². The number of rotatable bonds is 2. The summed E-state index contributed by atoms with van der Waals surface area (Å²) in [6.45, 7) is 0.592. The Hall–Kier alpha value is -1.72. The van der Waals surface area contributed by atoms with Crippen molar-refractivity contribution in [3.63, 3.8) is 0 Å². The number of nitrogens with one attached hydrogen (secondary N) is 1. The Morgan fingerprint density at radius 2 is 2.19 bits per heavy atom. The monoisotopic (exact) mass is 285 g/mol. The van der Waals surface area contributed by atoms with Crippen molar-refractivity contribution in [1.29, 1.82) is 0 Å². The summed E-state index contributed by atoms with van der Waals surface area (Å²) in [7, 11) is 0. The average Bonchev–Trinajstić information content (AvgIpc) is 3.15. The third kappa shape index (κ3) is 2.36. The van der Waals surface area contributed by atoms with Gasteiger partial charge in [-0.25, -0.2) is 0 Å². The summed E-state index contributed by atoms with van der Waals surface area (Å²) in [6.07, 6.45) is 3.68. The zero-order valence-electron chi connectivity index (χ0n) is 11.8. The van der Waals surface area contributed by atoms with Gasteiger partial charge in [0.05, 0.1) is 12.1 Å². The lowest BCUT2D eigenvalue weighted by atomic mass is 9.82. The number of aliphatic hydroxyl groups excluding tert-OH is 1. The van der Waals surface area contributed by atoms with E-state index < -0.39 is 0 Å². The molecule has 0 amide bonds. The summed E-state index contributed by atoms with van der Waals surface area (Å²) >= 11 is 0. The first-order valence-electron chi connectivity index (χ1n) is 7.64. The van der Waals surface area contributed by atoms with E-state index in [0.29, 0.717) is 18.9 Å². The van der Waals surface area contributed by atoms with Gasteiger partial charge in [0.2, 0.25) is 5.89 Å². The van der Waals surface area contributed by atoms with Crippen LogP contribution in [0.5, 0.6) is 0 Å². The predicted molar refractivity (Wildman–Crippen MR) is 76.9 cm³/mol. The second kappa shape index (κ2) is 5.24. The van der Waals surface area contributed by atoms with Gasteiger partial charge in [-0.3, -0.25) is 0 Å². The van der Waals surface area contributed by atoms with Crippen molar-refractivity contribution in [2.45, 2.75) is 43.7 Å². The Morgan fingerprint density at radius 1 is 1.29 bits per heavy atom. The molecule has 5 heteroatoms. The van der Waals surface area contributed by atoms with E-state index in [1.165, 1.54) is 11.1 Å². The fourth-order valence-corrected chi connectivity index (χ4v) is 3.46. The quantitative estimate of drug-likeness (QED) is 0.882. The minimum atomic E-state index is -0.319. The van der Waals surface area contributed by atoms with Crippen LogP contribution in [0.15, 0.2) is 28.8 Å². The molecule has 0 bridgehead atoms. The summed E-state index contributed by atoms with van der Waals surface area (Å²) in [5, 5.41) is 17.0. The third-order valence-electron chi connectivity index (χ3n) is 4.54.